The van der Waals surface area contributed by atoms with Crippen molar-refractivity contribution in [1.29, 1.82) is 0 Å². The van der Waals surface area contributed by atoms with Crippen molar-refractivity contribution in [1.82, 2.24) is 20.5 Å². The van der Waals surface area contributed by atoms with Gasteiger partial charge in [0.25, 0.3) is 0 Å². The quantitative estimate of drug-likeness (QED) is 0.212. The molecule has 0 radical (unpaired) electrons. The van der Waals surface area contributed by atoms with Gasteiger partial charge in [0.2, 0.25) is 0 Å². The first-order chi connectivity index (χ1) is 13.8. The number of furan rings is 1. The Labute approximate surface area is 194 Å². The van der Waals surface area contributed by atoms with Gasteiger partial charge in [-0.15, -0.1) is 35.3 Å². The molecule has 2 N–H and O–H groups in total. The molecule has 1 aliphatic rings. The van der Waals surface area contributed by atoms with Gasteiger partial charge >= 0.3 is 0 Å². The Kier molecular flexibility index (Phi) is 11.6. The van der Waals surface area contributed by atoms with E-state index in [-0.39, 0.29) is 24.0 Å². The Bertz CT molecular complexity index is 675. The number of morpholine rings is 1. The fraction of sp³-hybridized carbons (Fsp3) is 0.600. The summed E-state index contributed by atoms with van der Waals surface area (Å²) in [5, 5.41) is 10.0. The van der Waals surface area contributed by atoms with Crippen molar-refractivity contribution in [2.75, 3.05) is 52.5 Å². The number of guanidine groups is 1. The molecule has 1 fully saturated rings. The Morgan fingerprint density at radius 1 is 1.31 bits per heavy atom. The lowest BCUT2D eigenvalue weighted by atomic mass is 10.2. The minimum absolute atomic E-state index is 0. The van der Waals surface area contributed by atoms with E-state index in [1.807, 2.05) is 23.7 Å². The van der Waals surface area contributed by atoms with Gasteiger partial charge in [-0.25, -0.2) is 4.98 Å². The molecule has 0 spiro atoms. The number of aliphatic imine (C=N–C) groups is 1. The molecule has 3 rings (SSSR count). The van der Waals surface area contributed by atoms with Gasteiger partial charge in [-0.3, -0.25) is 9.89 Å². The highest BCUT2D eigenvalue weighted by molar-refractivity contribution is 14.0. The van der Waals surface area contributed by atoms with E-state index in [2.05, 4.69) is 27.4 Å². The molecule has 1 aliphatic heterocycles. The van der Waals surface area contributed by atoms with Crippen LogP contribution < -0.4 is 10.6 Å². The number of aromatic nitrogens is 1. The van der Waals surface area contributed by atoms with Crippen LogP contribution in [0, 0.1) is 0 Å². The molecular formula is C20H32IN5O2S. The van der Waals surface area contributed by atoms with Crippen molar-refractivity contribution in [2.24, 2.45) is 4.99 Å². The summed E-state index contributed by atoms with van der Waals surface area (Å²) >= 11 is 1.69. The molecule has 0 saturated carbocycles. The molecule has 0 aliphatic carbocycles. The largest absolute Gasteiger partial charge is 0.469 e. The maximum atomic E-state index is 5.41. The monoisotopic (exact) mass is 533 g/mol. The van der Waals surface area contributed by atoms with Gasteiger partial charge in [0.15, 0.2) is 5.96 Å². The summed E-state index contributed by atoms with van der Waals surface area (Å²) in [5.74, 6) is 2.16. The zero-order valence-corrected chi connectivity index (χ0v) is 20.2. The Morgan fingerprint density at radius 3 is 2.86 bits per heavy atom. The Morgan fingerprint density at radius 2 is 2.14 bits per heavy atom. The summed E-state index contributed by atoms with van der Waals surface area (Å²) in [6, 6.07) is 3.92. The van der Waals surface area contributed by atoms with E-state index in [1.54, 1.807) is 17.6 Å². The first-order valence-electron chi connectivity index (χ1n) is 10.1. The SMILES string of the molecule is CC(CN=C(NCCCN1CCOCC1)NCCc1ccco1)c1nccs1.I. The second-order valence-corrected chi connectivity index (χ2v) is 7.88. The van der Waals surface area contributed by atoms with Crippen molar-refractivity contribution in [3.05, 3.63) is 40.7 Å². The van der Waals surface area contributed by atoms with Gasteiger partial charge in [-0.1, -0.05) is 6.92 Å². The molecule has 7 nitrogen and oxygen atoms in total. The maximum Gasteiger partial charge on any atom is 0.191 e. The summed E-state index contributed by atoms with van der Waals surface area (Å²) in [6.45, 7) is 9.43. The number of hydrogen-bond donors (Lipinski definition) is 2. The minimum Gasteiger partial charge on any atom is -0.469 e. The number of halogens is 1. The first-order valence-corrected chi connectivity index (χ1v) is 10.9. The van der Waals surface area contributed by atoms with E-state index in [4.69, 9.17) is 14.1 Å². The smallest absolute Gasteiger partial charge is 0.191 e. The molecule has 0 amide bonds. The average Bonchev–Trinajstić information content (AvgIpc) is 3.43. The average molecular weight is 533 g/mol. The van der Waals surface area contributed by atoms with E-state index in [0.29, 0.717) is 12.5 Å². The van der Waals surface area contributed by atoms with E-state index < -0.39 is 0 Å². The van der Waals surface area contributed by atoms with Crippen LogP contribution in [0.4, 0.5) is 0 Å². The summed E-state index contributed by atoms with van der Waals surface area (Å²) in [5.41, 5.74) is 0. The zero-order chi connectivity index (χ0) is 19.4. The number of ether oxygens (including phenoxy) is 1. The standard InChI is InChI=1S/C20H31N5O2S.HI/c1-17(19-21-8-15-28-19)16-24-20(23-7-5-18-4-2-12-27-18)22-6-3-9-25-10-13-26-14-11-25;/h2,4,8,12,15,17H,3,5-7,9-11,13-14,16H2,1H3,(H2,22,23,24);1H. The van der Waals surface area contributed by atoms with Crippen LogP contribution in [0.25, 0.3) is 0 Å². The van der Waals surface area contributed by atoms with Crippen molar-refractivity contribution in [3.8, 4) is 0 Å². The van der Waals surface area contributed by atoms with Gasteiger partial charge in [0, 0.05) is 50.1 Å². The number of rotatable bonds is 10. The van der Waals surface area contributed by atoms with E-state index in [9.17, 15) is 0 Å². The second-order valence-electron chi connectivity index (χ2n) is 6.95. The van der Waals surface area contributed by atoms with Crippen LogP contribution in [-0.4, -0.2) is 68.3 Å². The number of hydrogen-bond acceptors (Lipinski definition) is 6. The van der Waals surface area contributed by atoms with Gasteiger partial charge in [0.05, 0.1) is 31.0 Å². The lowest BCUT2D eigenvalue weighted by Crippen LogP contribution is -2.41. The molecule has 1 saturated heterocycles. The first kappa shape index (κ1) is 24.1. The van der Waals surface area contributed by atoms with Crippen molar-refractivity contribution >= 4 is 41.3 Å². The van der Waals surface area contributed by atoms with E-state index in [1.165, 1.54) is 0 Å². The topological polar surface area (TPSA) is 74.9 Å². The zero-order valence-electron chi connectivity index (χ0n) is 17.0. The predicted octanol–water partition coefficient (Wildman–Crippen LogP) is 2.96. The maximum absolute atomic E-state index is 5.41. The molecule has 162 valence electrons. The van der Waals surface area contributed by atoms with Gasteiger partial charge in [-0.2, -0.15) is 0 Å². The van der Waals surface area contributed by atoms with Crippen molar-refractivity contribution < 1.29 is 9.15 Å². The summed E-state index contributed by atoms with van der Waals surface area (Å²) in [7, 11) is 0. The van der Waals surface area contributed by atoms with Gasteiger partial charge < -0.3 is 19.8 Å². The Hall–Kier alpha value is -1.17. The normalized spacial score (nSPS) is 16.2. The van der Waals surface area contributed by atoms with Crippen LogP contribution in [0.1, 0.15) is 30.0 Å². The van der Waals surface area contributed by atoms with Crippen molar-refractivity contribution in [2.45, 2.75) is 25.7 Å². The summed E-state index contributed by atoms with van der Waals surface area (Å²) < 4.78 is 10.8. The van der Waals surface area contributed by atoms with E-state index in [0.717, 1.165) is 75.5 Å². The molecule has 3 heterocycles. The lowest BCUT2D eigenvalue weighted by molar-refractivity contribution is 0.0376. The molecule has 1 atom stereocenters. The fourth-order valence-corrected chi connectivity index (χ4v) is 3.74. The Balaban J connectivity index is 0.00000300. The van der Waals surface area contributed by atoms with E-state index >= 15 is 0 Å². The fourth-order valence-electron chi connectivity index (χ4n) is 3.05. The predicted molar refractivity (Wildman–Crippen MR) is 129 cm³/mol. The molecule has 2 aromatic heterocycles. The van der Waals surface area contributed by atoms with Crippen LogP contribution in [-0.2, 0) is 11.2 Å². The third kappa shape index (κ3) is 9.02. The van der Waals surface area contributed by atoms with Crippen LogP contribution in [0.5, 0.6) is 0 Å². The van der Waals surface area contributed by atoms with Crippen LogP contribution in [0.2, 0.25) is 0 Å². The molecule has 2 aromatic rings. The van der Waals surface area contributed by atoms with Crippen molar-refractivity contribution in [3.63, 3.8) is 0 Å². The molecule has 1 unspecified atom stereocenters. The van der Waals surface area contributed by atoms with Crippen LogP contribution >= 0.6 is 35.3 Å². The summed E-state index contributed by atoms with van der Waals surface area (Å²) in [6.07, 6.45) is 5.49. The highest BCUT2D eigenvalue weighted by Crippen LogP contribution is 2.17. The molecule has 29 heavy (non-hydrogen) atoms. The molecule has 0 aromatic carbocycles. The summed E-state index contributed by atoms with van der Waals surface area (Å²) in [4.78, 5) is 11.6. The lowest BCUT2D eigenvalue weighted by Gasteiger charge is -2.26. The van der Waals surface area contributed by atoms with Gasteiger partial charge in [0.1, 0.15) is 5.76 Å². The molecule has 9 heteroatoms. The third-order valence-corrected chi connectivity index (χ3v) is 5.69. The number of nitrogens with zero attached hydrogens (tertiary/aromatic N) is 3. The highest BCUT2D eigenvalue weighted by atomic mass is 127. The second kappa shape index (κ2) is 13.9. The van der Waals surface area contributed by atoms with Crippen LogP contribution in [0.3, 0.4) is 0 Å². The number of nitrogens with one attached hydrogen (secondary N) is 2. The highest BCUT2D eigenvalue weighted by Gasteiger charge is 2.10. The van der Waals surface area contributed by atoms with Crippen LogP contribution in [0.15, 0.2) is 39.4 Å². The third-order valence-electron chi connectivity index (χ3n) is 4.69. The molecular weight excluding hydrogens is 501 g/mol. The number of thiazole rings is 1. The molecule has 0 bridgehead atoms. The minimum atomic E-state index is 0. The van der Waals surface area contributed by atoms with Gasteiger partial charge in [-0.05, 0) is 25.1 Å².